The summed E-state index contributed by atoms with van der Waals surface area (Å²) in [5, 5.41) is 10.3. The summed E-state index contributed by atoms with van der Waals surface area (Å²) in [6.45, 7) is 15.1. The first-order chi connectivity index (χ1) is 19.3. The maximum absolute atomic E-state index is 14.5. The number of hydrogen-bond acceptors (Lipinski definition) is 5. The molecule has 3 aliphatic rings. The van der Waals surface area contributed by atoms with Crippen molar-refractivity contribution in [2.45, 2.75) is 75.0 Å². The van der Waals surface area contributed by atoms with Gasteiger partial charge in [-0.1, -0.05) is 64.0 Å². The molecular formula is C32H45N3O4S. The van der Waals surface area contributed by atoms with Gasteiger partial charge in [-0.25, -0.2) is 0 Å². The Morgan fingerprint density at radius 3 is 2.45 bits per heavy atom. The van der Waals surface area contributed by atoms with Crippen molar-refractivity contribution in [1.82, 2.24) is 9.80 Å². The first-order valence-corrected chi connectivity index (χ1v) is 15.7. The number of hydrogen-bond donors (Lipinski definition) is 1. The fourth-order valence-corrected chi connectivity index (χ4v) is 9.64. The van der Waals surface area contributed by atoms with Gasteiger partial charge in [0.05, 0.1) is 29.2 Å². The van der Waals surface area contributed by atoms with Crippen LogP contribution in [0.15, 0.2) is 55.6 Å². The SMILES string of the molecule is C=CCN(CCCCC)C(=O)C1N([C@@H](CC)CO)C(=O)[C@@H]2[C@H](C(=O)N(CC=C)c3ccccc3)[C@@H]3CC(C)C12S3. The van der Waals surface area contributed by atoms with E-state index in [-0.39, 0.29) is 35.5 Å². The van der Waals surface area contributed by atoms with Crippen molar-refractivity contribution in [2.24, 2.45) is 17.8 Å². The van der Waals surface area contributed by atoms with Gasteiger partial charge in [0, 0.05) is 30.6 Å². The number of unbranched alkanes of at least 4 members (excludes halogenated alkanes) is 2. The lowest BCUT2D eigenvalue weighted by atomic mass is 9.65. The van der Waals surface area contributed by atoms with Gasteiger partial charge in [-0.05, 0) is 37.3 Å². The molecule has 218 valence electrons. The Morgan fingerprint density at radius 2 is 1.85 bits per heavy atom. The molecule has 0 aliphatic carbocycles. The van der Waals surface area contributed by atoms with Gasteiger partial charge in [0.2, 0.25) is 17.7 Å². The van der Waals surface area contributed by atoms with E-state index in [0.717, 1.165) is 31.4 Å². The summed E-state index contributed by atoms with van der Waals surface area (Å²) in [4.78, 5) is 48.6. The van der Waals surface area contributed by atoms with Crippen LogP contribution in [0, 0.1) is 17.8 Å². The molecule has 4 rings (SSSR count). The summed E-state index contributed by atoms with van der Waals surface area (Å²) < 4.78 is -0.720. The topological polar surface area (TPSA) is 81.2 Å². The summed E-state index contributed by atoms with van der Waals surface area (Å²) in [6.07, 6.45) is 7.68. The Morgan fingerprint density at radius 1 is 1.15 bits per heavy atom. The smallest absolute Gasteiger partial charge is 0.247 e. The number of carbonyl (C=O) groups excluding carboxylic acids is 3. The maximum Gasteiger partial charge on any atom is 0.247 e. The number of likely N-dealkylation sites (tertiary alicyclic amines) is 1. The lowest BCUT2D eigenvalue weighted by molar-refractivity contribution is -0.145. The zero-order valence-electron chi connectivity index (χ0n) is 24.2. The molecular weight excluding hydrogens is 522 g/mol. The van der Waals surface area contributed by atoms with E-state index in [1.807, 2.05) is 42.2 Å². The minimum absolute atomic E-state index is 0.0490. The van der Waals surface area contributed by atoms with E-state index in [1.54, 1.807) is 33.7 Å². The molecule has 3 saturated heterocycles. The minimum atomic E-state index is -0.726. The number of thioether (sulfide) groups is 1. The van der Waals surface area contributed by atoms with E-state index in [1.165, 1.54) is 0 Å². The predicted molar refractivity (Wildman–Crippen MR) is 162 cm³/mol. The van der Waals surface area contributed by atoms with Crippen molar-refractivity contribution in [2.75, 3.05) is 31.1 Å². The molecule has 0 saturated carbocycles. The maximum atomic E-state index is 14.5. The largest absolute Gasteiger partial charge is 0.394 e. The monoisotopic (exact) mass is 567 g/mol. The molecule has 1 N–H and O–H groups in total. The van der Waals surface area contributed by atoms with Gasteiger partial charge in [0.15, 0.2) is 0 Å². The number of aliphatic hydroxyl groups excluding tert-OH is 1. The molecule has 7 nitrogen and oxygen atoms in total. The fourth-order valence-electron chi connectivity index (χ4n) is 7.24. The highest BCUT2D eigenvalue weighted by Gasteiger charge is 2.77. The van der Waals surface area contributed by atoms with E-state index in [0.29, 0.717) is 26.1 Å². The van der Waals surface area contributed by atoms with E-state index < -0.39 is 28.7 Å². The van der Waals surface area contributed by atoms with Gasteiger partial charge in [-0.15, -0.1) is 24.9 Å². The van der Waals surface area contributed by atoms with Crippen molar-refractivity contribution in [3.8, 4) is 0 Å². The first kappa shape index (κ1) is 30.4. The average molecular weight is 568 g/mol. The van der Waals surface area contributed by atoms with Crippen LogP contribution in [0.4, 0.5) is 5.69 Å². The summed E-state index contributed by atoms with van der Waals surface area (Å²) in [6, 6.07) is 8.30. The van der Waals surface area contributed by atoms with Gasteiger partial charge >= 0.3 is 0 Å². The standard InChI is InChI=1S/C32H45N3O4S/c1-6-10-14-19-33(17-7-2)31(39)28-32-22(5)20-25(40-32)26(27(32)30(38)35(28)23(9-4)21-36)29(37)34(18-8-3)24-15-12-11-13-16-24/h7-8,11-13,15-16,22-23,25-28,36H,2-3,6,9-10,14,17-21H2,1,4-5H3/t22?,23-,25-,26+,27-,28?,32?/m0/s1. The van der Waals surface area contributed by atoms with Crippen LogP contribution >= 0.6 is 11.8 Å². The third-order valence-corrected chi connectivity index (χ3v) is 11.2. The molecule has 1 spiro atoms. The molecule has 7 atom stereocenters. The molecule has 3 aliphatic heterocycles. The second-order valence-electron chi connectivity index (χ2n) is 11.4. The van der Waals surface area contributed by atoms with E-state index in [9.17, 15) is 19.5 Å². The number of benzene rings is 1. The van der Waals surface area contributed by atoms with E-state index in [4.69, 9.17) is 0 Å². The number of carbonyl (C=O) groups is 3. The Hall–Kier alpha value is -2.58. The van der Waals surface area contributed by atoms with Crippen LogP contribution in [0.2, 0.25) is 0 Å². The Bertz CT molecular complexity index is 1090. The summed E-state index contributed by atoms with van der Waals surface area (Å²) >= 11 is 1.68. The number of fused-ring (bicyclic) bond motifs is 1. The van der Waals surface area contributed by atoms with Gasteiger partial charge in [-0.2, -0.15) is 0 Å². The first-order valence-electron chi connectivity index (χ1n) is 14.8. The Kier molecular flexibility index (Phi) is 9.83. The molecule has 3 heterocycles. The van der Waals surface area contributed by atoms with Crippen molar-refractivity contribution in [3.63, 3.8) is 0 Å². The van der Waals surface area contributed by atoms with Crippen LogP contribution in [-0.2, 0) is 14.4 Å². The molecule has 2 bridgehead atoms. The average Bonchev–Trinajstić information content (AvgIpc) is 3.56. The van der Waals surface area contributed by atoms with Gasteiger partial charge in [0.1, 0.15) is 6.04 Å². The lowest BCUT2D eigenvalue weighted by Gasteiger charge is -2.42. The second kappa shape index (κ2) is 12.9. The van der Waals surface area contributed by atoms with Crippen molar-refractivity contribution in [1.29, 1.82) is 0 Å². The van der Waals surface area contributed by atoms with Crippen LogP contribution in [0.25, 0.3) is 0 Å². The van der Waals surface area contributed by atoms with Crippen molar-refractivity contribution < 1.29 is 19.5 Å². The number of anilines is 1. The van der Waals surface area contributed by atoms with Gasteiger partial charge in [-0.3, -0.25) is 14.4 Å². The lowest BCUT2D eigenvalue weighted by Crippen LogP contribution is -2.59. The number of aliphatic hydroxyl groups is 1. The Balaban J connectivity index is 1.79. The second-order valence-corrected chi connectivity index (χ2v) is 12.9. The normalized spacial score (nSPS) is 29.2. The summed E-state index contributed by atoms with van der Waals surface area (Å²) in [5.74, 6) is -1.44. The van der Waals surface area contributed by atoms with Crippen LogP contribution < -0.4 is 4.90 Å². The van der Waals surface area contributed by atoms with Gasteiger partial charge < -0.3 is 19.8 Å². The number of para-hydroxylation sites is 1. The number of nitrogens with zero attached hydrogens (tertiary/aromatic N) is 3. The highest BCUT2D eigenvalue weighted by atomic mass is 32.2. The highest BCUT2D eigenvalue weighted by Crippen LogP contribution is 2.69. The number of rotatable bonds is 14. The molecule has 1 aromatic rings. The quantitative estimate of drug-likeness (QED) is 0.264. The van der Waals surface area contributed by atoms with E-state index in [2.05, 4.69) is 27.0 Å². The summed E-state index contributed by atoms with van der Waals surface area (Å²) in [7, 11) is 0. The zero-order chi connectivity index (χ0) is 29.0. The molecule has 0 radical (unpaired) electrons. The van der Waals surface area contributed by atoms with Gasteiger partial charge in [0.25, 0.3) is 0 Å². The predicted octanol–water partition coefficient (Wildman–Crippen LogP) is 4.52. The minimum Gasteiger partial charge on any atom is -0.394 e. The highest BCUT2D eigenvalue weighted by molar-refractivity contribution is 8.02. The molecule has 0 aromatic heterocycles. The third-order valence-electron chi connectivity index (χ3n) is 9.12. The molecule has 3 amide bonds. The zero-order valence-corrected chi connectivity index (χ0v) is 25.0. The molecule has 40 heavy (non-hydrogen) atoms. The van der Waals surface area contributed by atoms with Crippen LogP contribution in [0.1, 0.15) is 52.9 Å². The molecule has 3 fully saturated rings. The van der Waals surface area contributed by atoms with Crippen molar-refractivity contribution >= 4 is 35.2 Å². The van der Waals surface area contributed by atoms with Crippen molar-refractivity contribution in [3.05, 3.63) is 55.6 Å². The van der Waals surface area contributed by atoms with Crippen LogP contribution in [0.3, 0.4) is 0 Å². The summed E-state index contributed by atoms with van der Waals surface area (Å²) in [5.41, 5.74) is 0.770. The fraction of sp³-hybridized carbons (Fsp3) is 0.594. The Labute approximate surface area is 243 Å². The van der Waals surface area contributed by atoms with Crippen LogP contribution in [-0.4, -0.2) is 80.9 Å². The van der Waals surface area contributed by atoms with E-state index >= 15 is 0 Å². The number of amides is 3. The molecule has 8 heteroatoms. The third kappa shape index (κ3) is 5.02. The molecule has 3 unspecified atom stereocenters. The van der Waals surface area contributed by atoms with Crippen LogP contribution in [0.5, 0.6) is 0 Å². The molecule has 1 aromatic carbocycles.